The molecule has 0 saturated heterocycles. The molecule has 0 bridgehead atoms. The SMILES string of the molecule is Cc1cc(OCc2cccc(Cl)c2)cc(C)c1NCC(=O)CC(C)(C)C. The van der Waals surface area contributed by atoms with Gasteiger partial charge in [-0.2, -0.15) is 0 Å². The lowest BCUT2D eigenvalue weighted by Crippen LogP contribution is -2.20. The van der Waals surface area contributed by atoms with Gasteiger partial charge in [0, 0.05) is 17.1 Å². The van der Waals surface area contributed by atoms with Gasteiger partial charge >= 0.3 is 0 Å². The zero-order valence-corrected chi connectivity index (χ0v) is 17.0. The minimum atomic E-state index is 0.0148. The molecule has 0 atom stereocenters. The second kappa shape index (κ2) is 8.59. The zero-order valence-electron chi connectivity index (χ0n) is 16.3. The number of hydrogen-bond donors (Lipinski definition) is 1. The molecule has 0 aliphatic carbocycles. The van der Waals surface area contributed by atoms with Crippen molar-refractivity contribution in [1.29, 1.82) is 0 Å². The molecule has 26 heavy (non-hydrogen) atoms. The average molecular weight is 374 g/mol. The van der Waals surface area contributed by atoms with Crippen LogP contribution in [0.15, 0.2) is 36.4 Å². The standard InChI is InChI=1S/C22H28ClNO2/c1-15-9-20(26-14-17-7-6-8-18(23)11-17)10-16(2)21(15)24-13-19(25)12-22(3,4)5/h6-11,24H,12-14H2,1-5H3. The second-order valence-electron chi connectivity index (χ2n) is 7.98. The van der Waals surface area contributed by atoms with E-state index in [2.05, 4.69) is 26.1 Å². The van der Waals surface area contributed by atoms with E-state index in [1.165, 1.54) is 0 Å². The molecule has 4 heteroatoms. The van der Waals surface area contributed by atoms with E-state index >= 15 is 0 Å². The van der Waals surface area contributed by atoms with Gasteiger partial charge in [0.2, 0.25) is 0 Å². The van der Waals surface area contributed by atoms with Gasteiger partial charge in [-0.15, -0.1) is 0 Å². The van der Waals surface area contributed by atoms with E-state index < -0.39 is 0 Å². The third-order valence-corrected chi connectivity index (χ3v) is 4.23. The lowest BCUT2D eigenvalue weighted by molar-refractivity contribution is -0.119. The molecular formula is C22H28ClNO2. The molecule has 0 aliphatic heterocycles. The van der Waals surface area contributed by atoms with Gasteiger partial charge in [-0.25, -0.2) is 0 Å². The number of nitrogens with one attached hydrogen (secondary N) is 1. The predicted octanol–water partition coefficient (Wildman–Crippen LogP) is 5.95. The smallest absolute Gasteiger partial charge is 0.152 e. The summed E-state index contributed by atoms with van der Waals surface area (Å²) in [6.07, 6.45) is 0.568. The van der Waals surface area contributed by atoms with Gasteiger partial charge in [-0.1, -0.05) is 44.5 Å². The fourth-order valence-electron chi connectivity index (χ4n) is 2.92. The van der Waals surface area contributed by atoms with Crippen molar-refractivity contribution in [2.24, 2.45) is 5.41 Å². The van der Waals surface area contributed by atoms with Crippen LogP contribution in [-0.2, 0) is 11.4 Å². The molecule has 2 aromatic carbocycles. The van der Waals surface area contributed by atoms with Gasteiger partial charge < -0.3 is 10.1 Å². The maximum atomic E-state index is 12.1. The molecule has 1 N–H and O–H groups in total. The number of ketones is 1. The Morgan fingerprint density at radius 1 is 1.12 bits per heavy atom. The largest absolute Gasteiger partial charge is 0.489 e. The molecule has 0 saturated carbocycles. The van der Waals surface area contributed by atoms with Crippen molar-refractivity contribution in [3.63, 3.8) is 0 Å². The Labute approximate surface area is 161 Å². The van der Waals surface area contributed by atoms with Gasteiger partial charge in [0.1, 0.15) is 12.4 Å². The van der Waals surface area contributed by atoms with Crippen molar-refractivity contribution in [3.8, 4) is 5.75 Å². The summed E-state index contributed by atoms with van der Waals surface area (Å²) in [7, 11) is 0. The highest BCUT2D eigenvalue weighted by molar-refractivity contribution is 6.30. The molecule has 0 aliphatic rings. The highest BCUT2D eigenvalue weighted by atomic mass is 35.5. The summed E-state index contributed by atoms with van der Waals surface area (Å²) >= 11 is 6.01. The normalized spacial score (nSPS) is 11.3. The second-order valence-corrected chi connectivity index (χ2v) is 8.42. The van der Waals surface area contributed by atoms with Crippen molar-refractivity contribution in [3.05, 3.63) is 58.1 Å². The minimum absolute atomic E-state index is 0.0148. The van der Waals surface area contributed by atoms with E-state index in [9.17, 15) is 4.79 Å². The molecule has 3 nitrogen and oxygen atoms in total. The fraction of sp³-hybridized carbons (Fsp3) is 0.409. The van der Waals surface area contributed by atoms with E-state index in [1.54, 1.807) is 0 Å². The highest BCUT2D eigenvalue weighted by Gasteiger charge is 2.16. The number of halogens is 1. The van der Waals surface area contributed by atoms with Crippen molar-refractivity contribution < 1.29 is 9.53 Å². The molecule has 2 aromatic rings. The lowest BCUT2D eigenvalue weighted by atomic mass is 9.90. The Morgan fingerprint density at radius 2 is 1.77 bits per heavy atom. The molecule has 2 rings (SSSR count). The first-order valence-electron chi connectivity index (χ1n) is 8.88. The lowest BCUT2D eigenvalue weighted by Gasteiger charge is -2.19. The first-order valence-corrected chi connectivity index (χ1v) is 9.26. The fourth-order valence-corrected chi connectivity index (χ4v) is 3.13. The third kappa shape index (κ3) is 6.38. The number of rotatable bonds is 7. The Bertz CT molecular complexity index is 755. The van der Waals surface area contributed by atoms with E-state index in [0.29, 0.717) is 24.6 Å². The van der Waals surface area contributed by atoms with E-state index in [1.807, 2.05) is 50.2 Å². The maximum absolute atomic E-state index is 12.1. The van der Waals surface area contributed by atoms with Crippen LogP contribution in [-0.4, -0.2) is 12.3 Å². The number of hydrogen-bond acceptors (Lipinski definition) is 3. The minimum Gasteiger partial charge on any atom is -0.489 e. The van der Waals surface area contributed by atoms with Crippen LogP contribution >= 0.6 is 11.6 Å². The number of carbonyl (C=O) groups is 1. The van der Waals surface area contributed by atoms with Crippen molar-refractivity contribution in [2.75, 3.05) is 11.9 Å². The number of anilines is 1. The van der Waals surface area contributed by atoms with Crippen LogP contribution < -0.4 is 10.1 Å². The summed E-state index contributed by atoms with van der Waals surface area (Å²) in [6.45, 7) is 11.1. The quantitative estimate of drug-likeness (QED) is 0.651. The van der Waals surface area contributed by atoms with E-state index in [0.717, 1.165) is 28.1 Å². The topological polar surface area (TPSA) is 38.3 Å². The molecule has 0 fully saturated rings. The van der Waals surface area contributed by atoms with Crippen molar-refractivity contribution in [1.82, 2.24) is 0 Å². The van der Waals surface area contributed by atoms with Gasteiger partial charge in [-0.3, -0.25) is 4.79 Å². The monoisotopic (exact) mass is 373 g/mol. The maximum Gasteiger partial charge on any atom is 0.152 e. The van der Waals surface area contributed by atoms with E-state index in [4.69, 9.17) is 16.3 Å². The summed E-state index contributed by atoms with van der Waals surface area (Å²) in [4.78, 5) is 12.1. The van der Waals surface area contributed by atoms with Gasteiger partial charge in [-0.05, 0) is 60.2 Å². The van der Waals surface area contributed by atoms with Crippen LogP contribution in [0.5, 0.6) is 5.75 Å². The van der Waals surface area contributed by atoms with E-state index in [-0.39, 0.29) is 11.2 Å². The Morgan fingerprint density at radius 3 is 2.35 bits per heavy atom. The molecule has 0 radical (unpaired) electrons. The van der Waals surface area contributed by atoms with Crippen LogP contribution in [0.1, 0.15) is 43.9 Å². The summed E-state index contributed by atoms with van der Waals surface area (Å²) in [5, 5.41) is 4.00. The first-order chi connectivity index (χ1) is 12.1. The van der Waals surface area contributed by atoms with Crippen LogP contribution in [0.3, 0.4) is 0 Å². The van der Waals surface area contributed by atoms with Gasteiger partial charge in [0.15, 0.2) is 5.78 Å². The molecule has 140 valence electrons. The number of benzene rings is 2. The Balaban J connectivity index is 2.00. The van der Waals surface area contributed by atoms with Crippen LogP contribution in [0.2, 0.25) is 5.02 Å². The number of Topliss-reactive ketones (excluding diaryl/α,β-unsaturated/α-hetero) is 1. The zero-order chi connectivity index (χ0) is 19.3. The average Bonchev–Trinajstić information content (AvgIpc) is 2.50. The third-order valence-electron chi connectivity index (χ3n) is 3.99. The molecular weight excluding hydrogens is 346 g/mol. The first kappa shape index (κ1) is 20.3. The summed E-state index contributed by atoms with van der Waals surface area (Å²) in [6, 6.07) is 11.6. The summed E-state index contributed by atoms with van der Waals surface area (Å²) in [5.41, 5.74) is 4.18. The highest BCUT2D eigenvalue weighted by Crippen LogP contribution is 2.27. The predicted molar refractivity (Wildman–Crippen MR) is 109 cm³/mol. The number of ether oxygens (including phenoxy) is 1. The molecule has 0 heterocycles. The Hall–Kier alpha value is -2.00. The van der Waals surface area contributed by atoms with Crippen molar-refractivity contribution in [2.45, 2.75) is 47.6 Å². The van der Waals surface area contributed by atoms with Gasteiger partial charge in [0.25, 0.3) is 0 Å². The van der Waals surface area contributed by atoms with Crippen LogP contribution in [0.4, 0.5) is 5.69 Å². The number of aryl methyl sites for hydroxylation is 2. The van der Waals surface area contributed by atoms with Crippen LogP contribution in [0.25, 0.3) is 0 Å². The van der Waals surface area contributed by atoms with Crippen LogP contribution in [0, 0.1) is 19.3 Å². The van der Waals surface area contributed by atoms with Crippen molar-refractivity contribution >= 4 is 23.1 Å². The number of carbonyl (C=O) groups excluding carboxylic acids is 1. The molecule has 0 amide bonds. The van der Waals surface area contributed by atoms with Gasteiger partial charge in [0.05, 0.1) is 6.54 Å². The molecule has 0 spiro atoms. The summed E-state index contributed by atoms with van der Waals surface area (Å²) in [5.74, 6) is 1.03. The molecule has 0 aromatic heterocycles. The Kier molecular flexibility index (Phi) is 6.71. The molecule has 0 unspecified atom stereocenters. The summed E-state index contributed by atoms with van der Waals surface area (Å²) < 4.78 is 5.90.